The predicted molar refractivity (Wildman–Crippen MR) is 180 cm³/mol. The minimum absolute atomic E-state index is 0.476. The van der Waals surface area contributed by atoms with Crippen LogP contribution >= 0.6 is 0 Å². The van der Waals surface area contributed by atoms with E-state index in [4.69, 9.17) is 66.3 Å². The second kappa shape index (κ2) is 21.2. The highest BCUT2D eigenvalue weighted by molar-refractivity contribution is 5.70. The molecular weight excluding hydrogens is 788 g/mol. The Bertz CT molecular complexity index is 1550. The maximum atomic E-state index is 12.6. The van der Waals surface area contributed by atoms with E-state index in [1.807, 2.05) is 0 Å². The highest BCUT2D eigenvalue weighted by Gasteiger charge is 2.58. The molecule has 0 radical (unpaired) electrons. The van der Waals surface area contributed by atoms with Gasteiger partial charge in [0, 0.05) is 62.3 Å². The van der Waals surface area contributed by atoms with Crippen molar-refractivity contribution in [2.24, 2.45) is 0 Å². The number of esters is 9. The van der Waals surface area contributed by atoms with Gasteiger partial charge >= 0.3 is 53.7 Å². The molecule has 0 unspecified atom stereocenters. The summed E-state index contributed by atoms with van der Waals surface area (Å²) in [6.45, 7) is 9.59. The smallest absolute Gasteiger partial charge is 0.305 e. The van der Waals surface area contributed by atoms with E-state index in [0.717, 1.165) is 62.3 Å². The SMILES string of the molecule is CC(=O)OC[C@H]1O[C@@H](O[C@@H]2[C@@H](O[C@@H]3OC[C@@H](OC(C)=O)[C@H](OC(C)=O)[C@H]3OC(C)=O)[C@H](C)O[C@@H](OC(C)=O)[C@@H]2OC(C)=O)[C@H](OC(C)=O)[C@@H](OC(C)=O)[C@@H]1OC(C)=O. The second-order valence-electron chi connectivity index (χ2n) is 13.2. The fourth-order valence-electron chi connectivity index (χ4n) is 6.32. The number of hydrogen-bond donors (Lipinski definition) is 0. The standard InChI is InChI=1S/C35H48O23/c1-13-25(57-33-30(52-19(7)41)27(50-17(5)39)23(12-46-33)48-15(3)37)28(31(53-20(8)42)34(47-13)55-22(10)44)58-35-32(54-21(9)43)29(51-18(6)40)26(49-16(4)38)24(56-35)11-45-14(2)36/h13,23-35H,11-12H2,1-10H3/t13-,23+,24+,25-,26+,27-,28+,29-,30+,31+,32+,33-,34-,35-/m0/s1. The molecule has 23 nitrogen and oxygen atoms in total. The summed E-state index contributed by atoms with van der Waals surface area (Å²) >= 11 is 0. The minimum atomic E-state index is -1.91. The molecule has 58 heavy (non-hydrogen) atoms. The molecule has 3 saturated heterocycles. The zero-order valence-corrected chi connectivity index (χ0v) is 33.4. The topological polar surface area (TPSA) is 283 Å². The summed E-state index contributed by atoms with van der Waals surface area (Å²) in [5.41, 5.74) is 0. The van der Waals surface area contributed by atoms with Crippen LogP contribution in [0.4, 0.5) is 0 Å². The highest BCUT2D eigenvalue weighted by Crippen LogP contribution is 2.37. The normalized spacial score (nSPS) is 33.2. The van der Waals surface area contributed by atoms with E-state index in [1.165, 1.54) is 6.92 Å². The van der Waals surface area contributed by atoms with Crippen LogP contribution in [0.1, 0.15) is 69.2 Å². The molecule has 3 rings (SSSR count). The Labute approximate surface area is 331 Å². The average molecular weight is 837 g/mol. The Hall–Kier alpha value is -4.97. The Morgan fingerprint density at radius 2 is 0.828 bits per heavy atom. The van der Waals surface area contributed by atoms with Crippen molar-refractivity contribution in [2.45, 2.75) is 155 Å². The van der Waals surface area contributed by atoms with E-state index >= 15 is 0 Å². The molecule has 326 valence electrons. The van der Waals surface area contributed by atoms with Crippen molar-refractivity contribution < 1.29 is 109 Å². The first-order valence-corrected chi connectivity index (χ1v) is 17.8. The van der Waals surface area contributed by atoms with Gasteiger partial charge in [-0.15, -0.1) is 0 Å². The van der Waals surface area contributed by atoms with E-state index in [-0.39, 0.29) is 0 Å². The van der Waals surface area contributed by atoms with Crippen molar-refractivity contribution in [2.75, 3.05) is 13.2 Å². The summed E-state index contributed by atoms with van der Waals surface area (Å²) in [7, 11) is 0. The van der Waals surface area contributed by atoms with Gasteiger partial charge in [-0.2, -0.15) is 0 Å². The molecule has 0 N–H and O–H groups in total. The van der Waals surface area contributed by atoms with Gasteiger partial charge in [0.15, 0.2) is 55.3 Å². The van der Waals surface area contributed by atoms with Crippen LogP contribution in [0.15, 0.2) is 0 Å². The summed E-state index contributed by atoms with van der Waals surface area (Å²) in [6, 6.07) is 0. The molecule has 3 aliphatic rings. The molecule has 0 saturated carbocycles. The van der Waals surface area contributed by atoms with Gasteiger partial charge in [0.2, 0.25) is 6.29 Å². The fraction of sp³-hybridized carbons (Fsp3) is 0.743. The van der Waals surface area contributed by atoms with Gasteiger partial charge in [-0.25, -0.2) is 0 Å². The van der Waals surface area contributed by atoms with Crippen molar-refractivity contribution >= 4 is 53.7 Å². The lowest BCUT2D eigenvalue weighted by atomic mass is 9.96. The first kappa shape index (κ1) is 47.4. The van der Waals surface area contributed by atoms with Crippen LogP contribution in [-0.4, -0.2) is 153 Å². The Kier molecular flexibility index (Phi) is 17.3. The molecule has 0 spiro atoms. The van der Waals surface area contributed by atoms with Crippen LogP contribution in [0, 0.1) is 0 Å². The molecule has 23 heteroatoms. The Balaban J connectivity index is 2.22. The first-order valence-electron chi connectivity index (χ1n) is 17.8. The van der Waals surface area contributed by atoms with Crippen LogP contribution in [0.25, 0.3) is 0 Å². The van der Waals surface area contributed by atoms with Crippen LogP contribution in [0.2, 0.25) is 0 Å². The van der Waals surface area contributed by atoms with E-state index in [0.29, 0.717) is 0 Å². The summed E-state index contributed by atoms with van der Waals surface area (Å²) in [4.78, 5) is 111. The van der Waals surface area contributed by atoms with Gasteiger partial charge < -0.3 is 66.3 Å². The Morgan fingerprint density at radius 3 is 1.31 bits per heavy atom. The van der Waals surface area contributed by atoms with E-state index in [1.54, 1.807) is 0 Å². The van der Waals surface area contributed by atoms with Crippen LogP contribution in [-0.2, 0) is 109 Å². The third-order valence-electron chi connectivity index (χ3n) is 8.15. The van der Waals surface area contributed by atoms with Crippen LogP contribution < -0.4 is 0 Å². The zero-order valence-electron chi connectivity index (χ0n) is 33.4. The van der Waals surface area contributed by atoms with Crippen molar-refractivity contribution in [3.63, 3.8) is 0 Å². The van der Waals surface area contributed by atoms with E-state index in [2.05, 4.69) is 0 Å². The number of hydrogen-bond acceptors (Lipinski definition) is 23. The van der Waals surface area contributed by atoms with Crippen LogP contribution in [0.5, 0.6) is 0 Å². The summed E-state index contributed by atoms with van der Waals surface area (Å²) in [5, 5.41) is 0. The summed E-state index contributed by atoms with van der Waals surface area (Å²) < 4.78 is 79.2. The van der Waals surface area contributed by atoms with Crippen molar-refractivity contribution in [3.8, 4) is 0 Å². The molecular formula is C35H48O23. The molecule has 0 aromatic heterocycles. The van der Waals surface area contributed by atoms with Crippen molar-refractivity contribution in [1.82, 2.24) is 0 Å². The molecule has 0 bridgehead atoms. The quantitative estimate of drug-likeness (QED) is 0.153. The van der Waals surface area contributed by atoms with Crippen molar-refractivity contribution in [1.29, 1.82) is 0 Å². The maximum Gasteiger partial charge on any atom is 0.305 e. The van der Waals surface area contributed by atoms with Gasteiger partial charge in [0.1, 0.15) is 24.9 Å². The van der Waals surface area contributed by atoms with Gasteiger partial charge in [-0.1, -0.05) is 0 Å². The number of carbonyl (C=O) groups excluding carboxylic acids is 9. The second-order valence-corrected chi connectivity index (χ2v) is 13.2. The lowest BCUT2D eigenvalue weighted by molar-refractivity contribution is -0.376. The summed E-state index contributed by atoms with van der Waals surface area (Å²) in [6.07, 6.45) is -22.6. The lowest BCUT2D eigenvalue weighted by Gasteiger charge is -2.49. The Morgan fingerprint density at radius 1 is 0.414 bits per heavy atom. The number of rotatable bonds is 14. The fourth-order valence-corrected chi connectivity index (χ4v) is 6.32. The zero-order chi connectivity index (χ0) is 43.6. The first-order chi connectivity index (χ1) is 27.1. The molecule has 0 aromatic carbocycles. The minimum Gasteiger partial charge on any atom is -0.463 e. The molecule has 14 atom stereocenters. The third-order valence-corrected chi connectivity index (χ3v) is 8.15. The molecule has 3 fully saturated rings. The number of carbonyl (C=O) groups is 9. The largest absolute Gasteiger partial charge is 0.463 e. The molecule has 0 aliphatic carbocycles. The molecule has 3 aliphatic heterocycles. The van der Waals surface area contributed by atoms with Gasteiger partial charge in [0.25, 0.3) is 0 Å². The van der Waals surface area contributed by atoms with Gasteiger partial charge in [-0.3, -0.25) is 43.2 Å². The lowest BCUT2D eigenvalue weighted by Crippen LogP contribution is -2.67. The average Bonchev–Trinajstić information content (AvgIpc) is 3.06. The highest BCUT2D eigenvalue weighted by atomic mass is 16.8. The summed E-state index contributed by atoms with van der Waals surface area (Å²) in [5.74, 6) is -8.03. The molecule has 0 amide bonds. The third kappa shape index (κ3) is 13.6. The predicted octanol–water partition coefficient (Wildman–Crippen LogP) is -0.769. The van der Waals surface area contributed by atoms with Gasteiger partial charge in [0.05, 0.1) is 12.7 Å². The molecule has 3 heterocycles. The van der Waals surface area contributed by atoms with E-state index in [9.17, 15) is 43.2 Å². The maximum absolute atomic E-state index is 12.6. The monoisotopic (exact) mass is 836 g/mol. The van der Waals surface area contributed by atoms with Gasteiger partial charge in [-0.05, 0) is 6.92 Å². The van der Waals surface area contributed by atoms with Crippen LogP contribution in [0.3, 0.4) is 0 Å². The number of ether oxygens (including phenoxy) is 14. The molecule has 0 aromatic rings. The van der Waals surface area contributed by atoms with Crippen molar-refractivity contribution in [3.05, 3.63) is 0 Å². The van der Waals surface area contributed by atoms with E-state index < -0.39 is 153 Å².